The minimum Gasteiger partial charge on any atom is -0.378 e. The number of nitrogens with one attached hydrogen (secondary N) is 1. The topological polar surface area (TPSA) is 39.3 Å². The maximum atomic E-state index is 13.1. The fraction of sp³-hybridized carbons (Fsp3) is 0.550. The summed E-state index contributed by atoms with van der Waals surface area (Å²) in [5, 5.41) is 0.791. The van der Waals surface area contributed by atoms with E-state index in [1.54, 1.807) is 0 Å². The van der Waals surface area contributed by atoms with Crippen LogP contribution in [0.15, 0.2) is 23.0 Å². The van der Waals surface area contributed by atoms with Crippen molar-refractivity contribution in [2.45, 2.75) is 51.6 Å². The maximum absolute atomic E-state index is 13.1. The first-order valence-electron chi connectivity index (χ1n) is 9.00. The number of fused-ring (bicyclic) bond motifs is 1. The number of nitrogens with zero attached hydrogens (tertiary/aromatic N) is 2. The molecule has 0 aliphatic heterocycles. The molecule has 0 spiro atoms. The highest BCUT2D eigenvalue weighted by Crippen LogP contribution is 2.24. The van der Waals surface area contributed by atoms with Crippen LogP contribution in [-0.4, -0.2) is 37.1 Å². The summed E-state index contributed by atoms with van der Waals surface area (Å²) in [5.74, 6) is 0. The Morgan fingerprint density at radius 3 is 2.50 bits per heavy atom. The number of benzene rings is 1. The second-order valence-electron chi connectivity index (χ2n) is 7.39. The van der Waals surface area contributed by atoms with Crippen molar-refractivity contribution in [3.8, 4) is 0 Å². The van der Waals surface area contributed by atoms with Gasteiger partial charge < -0.3 is 9.88 Å². The number of H-pyrrole nitrogens is 1. The highest BCUT2D eigenvalue weighted by atomic mass is 16.1. The number of aromatic nitrogens is 1. The molecular weight excluding hydrogens is 298 g/mol. The van der Waals surface area contributed by atoms with E-state index in [-0.39, 0.29) is 5.43 Å². The molecule has 4 nitrogen and oxygen atoms in total. The molecule has 1 fully saturated rings. The molecule has 1 saturated carbocycles. The van der Waals surface area contributed by atoms with Crippen molar-refractivity contribution in [1.29, 1.82) is 0 Å². The average Bonchev–Trinajstić information content (AvgIpc) is 2.58. The summed E-state index contributed by atoms with van der Waals surface area (Å²) in [7, 11) is 6.16. The van der Waals surface area contributed by atoms with Crippen molar-refractivity contribution in [1.82, 2.24) is 9.88 Å². The van der Waals surface area contributed by atoms with Crippen LogP contribution < -0.4 is 10.3 Å². The normalized spacial score (nSPS) is 16.0. The van der Waals surface area contributed by atoms with Crippen LogP contribution in [0, 0.1) is 6.92 Å². The van der Waals surface area contributed by atoms with E-state index in [0.29, 0.717) is 6.04 Å². The van der Waals surface area contributed by atoms with Gasteiger partial charge >= 0.3 is 0 Å². The number of anilines is 1. The average molecular weight is 327 g/mol. The molecule has 0 amide bonds. The Labute approximate surface area is 144 Å². The molecule has 1 aromatic heterocycles. The minimum atomic E-state index is 0.174. The van der Waals surface area contributed by atoms with Gasteiger partial charge in [0.1, 0.15) is 0 Å². The maximum Gasteiger partial charge on any atom is 0.194 e. The van der Waals surface area contributed by atoms with Crippen molar-refractivity contribution >= 4 is 16.6 Å². The lowest BCUT2D eigenvalue weighted by molar-refractivity contribution is 0.184. The van der Waals surface area contributed by atoms with Crippen LogP contribution in [0.4, 0.5) is 5.69 Å². The Morgan fingerprint density at radius 1 is 1.12 bits per heavy atom. The molecule has 24 heavy (non-hydrogen) atoms. The molecule has 1 aliphatic carbocycles. The number of pyridine rings is 1. The Balaban J connectivity index is 1.96. The number of aryl methyl sites for hydroxylation is 1. The van der Waals surface area contributed by atoms with Crippen molar-refractivity contribution in [3.05, 3.63) is 39.7 Å². The first-order valence-corrected chi connectivity index (χ1v) is 9.00. The van der Waals surface area contributed by atoms with E-state index in [0.717, 1.165) is 34.4 Å². The smallest absolute Gasteiger partial charge is 0.194 e. The molecular formula is C20H29N3O. The fourth-order valence-corrected chi connectivity index (χ4v) is 3.81. The quantitative estimate of drug-likeness (QED) is 0.931. The zero-order chi connectivity index (χ0) is 17.3. The summed E-state index contributed by atoms with van der Waals surface area (Å²) < 4.78 is 0. The molecule has 0 atom stereocenters. The first-order chi connectivity index (χ1) is 11.5. The van der Waals surface area contributed by atoms with Crippen LogP contribution in [0.25, 0.3) is 10.9 Å². The highest BCUT2D eigenvalue weighted by molar-refractivity contribution is 5.83. The van der Waals surface area contributed by atoms with Crippen LogP contribution in [0.3, 0.4) is 0 Å². The highest BCUT2D eigenvalue weighted by Gasteiger charge is 2.20. The van der Waals surface area contributed by atoms with Gasteiger partial charge in [0.2, 0.25) is 0 Å². The standard InChI is InChI=1S/C20H29N3O/c1-14-18(13-23(4)15-8-6-5-7-9-15)20(24)17-12-16(22(2)3)10-11-19(17)21-14/h10-12,15H,5-9,13H2,1-4H3,(H,21,24). The van der Waals surface area contributed by atoms with Crippen molar-refractivity contribution in [2.75, 3.05) is 26.0 Å². The van der Waals surface area contributed by atoms with Gasteiger partial charge in [-0.2, -0.15) is 0 Å². The van der Waals surface area contributed by atoms with Crippen molar-refractivity contribution in [3.63, 3.8) is 0 Å². The third-order valence-electron chi connectivity index (χ3n) is 5.42. The summed E-state index contributed by atoms with van der Waals surface area (Å²) in [6.07, 6.45) is 6.49. The van der Waals surface area contributed by atoms with E-state index < -0.39 is 0 Å². The number of hydrogen-bond acceptors (Lipinski definition) is 3. The molecule has 1 N–H and O–H groups in total. The third kappa shape index (κ3) is 3.34. The molecule has 1 aromatic carbocycles. The van der Waals surface area contributed by atoms with Crippen molar-refractivity contribution in [2.24, 2.45) is 0 Å². The first kappa shape index (κ1) is 17.0. The molecule has 2 aromatic rings. The number of aromatic amines is 1. The van der Waals surface area contributed by atoms with Gasteiger partial charge in [0, 0.05) is 54.5 Å². The largest absolute Gasteiger partial charge is 0.378 e. The van der Waals surface area contributed by atoms with E-state index in [1.807, 2.05) is 44.1 Å². The van der Waals surface area contributed by atoms with Crippen LogP contribution in [0.1, 0.15) is 43.4 Å². The zero-order valence-corrected chi connectivity index (χ0v) is 15.4. The minimum absolute atomic E-state index is 0.174. The van der Waals surface area contributed by atoms with E-state index in [2.05, 4.69) is 16.9 Å². The summed E-state index contributed by atoms with van der Waals surface area (Å²) in [4.78, 5) is 20.9. The van der Waals surface area contributed by atoms with Crippen LogP contribution in [0.5, 0.6) is 0 Å². The Bertz CT molecular complexity index is 772. The van der Waals surface area contributed by atoms with Gasteiger partial charge in [-0.3, -0.25) is 9.69 Å². The molecule has 1 heterocycles. The lowest BCUT2D eigenvalue weighted by Crippen LogP contribution is -2.34. The Kier molecular flexibility index (Phi) is 4.95. The molecule has 0 unspecified atom stereocenters. The Morgan fingerprint density at radius 2 is 1.83 bits per heavy atom. The fourth-order valence-electron chi connectivity index (χ4n) is 3.81. The van der Waals surface area contributed by atoms with Gasteiger partial charge in [-0.05, 0) is 45.0 Å². The number of rotatable bonds is 4. The van der Waals surface area contributed by atoms with E-state index in [9.17, 15) is 4.79 Å². The second-order valence-corrected chi connectivity index (χ2v) is 7.39. The van der Waals surface area contributed by atoms with E-state index in [4.69, 9.17) is 0 Å². The van der Waals surface area contributed by atoms with Gasteiger partial charge in [-0.25, -0.2) is 0 Å². The summed E-state index contributed by atoms with van der Waals surface area (Å²) in [6, 6.07) is 6.66. The van der Waals surface area contributed by atoms with Gasteiger partial charge in [-0.15, -0.1) is 0 Å². The molecule has 3 rings (SSSR count). The SMILES string of the molecule is Cc1[nH]c2ccc(N(C)C)cc2c(=O)c1CN(C)C1CCCCC1. The summed E-state index contributed by atoms with van der Waals surface area (Å²) >= 11 is 0. The monoisotopic (exact) mass is 327 g/mol. The van der Waals surface area contributed by atoms with Gasteiger partial charge in [0.15, 0.2) is 5.43 Å². The van der Waals surface area contributed by atoms with Crippen LogP contribution in [0.2, 0.25) is 0 Å². The van der Waals surface area contributed by atoms with Crippen LogP contribution >= 0.6 is 0 Å². The van der Waals surface area contributed by atoms with Gasteiger partial charge in [-0.1, -0.05) is 19.3 Å². The Hall–Kier alpha value is -1.81. The molecule has 4 heteroatoms. The lowest BCUT2D eigenvalue weighted by Gasteiger charge is -2.31. The van der Waals surface area contributed by atoms with Gasteiger partial charge in [0.25, 0.3) is 0 Å². The molecule has 0 bridgehead atoms. The van der Waals surface area contributed by atoms with E-state index >= 15 is 0 Å². The third-order valence-corrected chi connectivity index (χ3v) is 5.42. The summed E-state index contributed by atoms with van der Waals surface area (Å²) in [6.45, 7) is 2.75. The summed E-state index contributed by atoms with van der Waals surface area (Å²) in [5.41, 5.74) is 4.06. The molecule has 0 saturated heterocycles. The second kappa shape index (κ2) is 6.98. The van der Waals surface area contributed by atoms with E-state index in [1.165, 1.54) is 32.1 Å². The number of hydrogen-bond donors (Lipinski definition) is 1. The van der Waals surface area contributed by atoms with Crippen molar-refractivity contribution < 1.29 is 0 Å². The molecule has 0 radical (unpaired) electrons. The van der Waals surface area contributed by atoms with Gasteiger partial charge in [0.05, 0.1) is 0 Å². The molecule has 1 aliphatic rings. The molecule has 130 valence electrons. The van der Waals surface area contributed by atoms with Crippen LogP contribution in [-0.2, 0) is 6.54 Å². The predicted molar refractivity (Wildman–Crippen MR) is 102 cm³/mol. The zero-order valence-electron chi connectivity index (χ0n) is 15.4. The lowest BCUT2D eigenvalue weighted by atomic mass is 9.94. The predicted octanol–water partition coefficient (Wildman–Crippen LogP) is 3.67.